The molecule has 3 heteroatoms. The Kier molecular flexibility index (Phi) is 3.13. The molecule has 1 aliphatic rings. The summed E-state index contributed by atoms with van der Waals surface area (Å²) in [5, 5.41) is 7.21. The molecule has 1 aromatic rings. The van der Waals surface area contributed by atoms with E-state index in [4.69, 9.17) is 15.9 Å². The highest BCUT2D eigenvalue weighted by atomic mass is 16.5. The molecule has 0 amide bonds. The maximum Gasteiger partial charge on any atom is 0.120 e. The second-order valence-corrected chi connectivity index (χ2v) is 4.44. The van der Waals surface area contributed by atoms with Crippen LogP contribution in [0, 0.1) is 5.41 Å². The molecule has 3 nitrogen and oxygen atoms in total. The fourth-order valence-corrected chi connectivity index (χ4v) is 2.21. The van der Waals surface area contributed by atoms with Gasteiger partial charge in [-0.1, -0.05) is 6.07 Å². The molecule has 1 unspecified atom stereocenters. The van der Waals surface area contributed by atoms with Gasteiger partial charge in [0.05, 0.1) is 5.84 Å². The summed E-state index contributed by atoms with van der Waals surface area (Å²) < 4.78 is 5.73. The molecular weight excluding hydrogens is 200 g/mol. The van der Waals surface area contributed by atoms with E-state index < -0.39 is 0 Å². The highest BCUT2D eigenvalue weighted by molar-refractivity contribution is 5.77. The lowest BCUT2D eigenvalue weighted by Gasteiger charge is -2.14. The first-order chi connectivity index (χ1) is 7.65. The third-order valence-corrected chi connectivity index (χ3v) is 2.91. The fraction of sp³-hybridized carbons (Fsp3) is 0.462. The van der Waals surface area contributed by atoms with Crippen LogP contribution in [0.15, 0.2) is 18.2 Å². The second kappa shape index (κ2) is 4.56. The van der Waals surface area contributed by atoms with E-state index in [1.54, 1.807) is 0 Å². The number of fused-ring (bicyclic) bond motifs is 1. The van der Waals surface area contributed by atoms with Crippen molar-refractivity contribution in [3.05, 3.63) is 29.3 Å². The second-order valence-electron chi connectivity index (χ2n) is 4.44. The van der Waals surface area contributed by atoms with Crippen molar-refractivity contribution in [2.24, 2.45) is 5.73 Å². The third kappa shape index (κ3) is 2.54. The predicted molar refractivity (Wildman–Crippen MR) is 65.1 cm³/mol. The van der Waals surface area contributed by atoms with Crippen LogP contribution in [0.25, 0.3) is 0 Å². The Bertz CT molecular complexity index is 401. The molecular formula is C13H18N2O. The minimum absolute atomic E-state index is 0.0306. The quantitative estimate of drug-likeness (QED) is 0.601. The van der Waals surface area contributed by atoms with Crippen molar-refractivity contribution in [1.29, 1.82) is 5.41 Å². The smallest absolute Gasteiger partial charge is 0.120 e. The molecule has 3 N–H and O–H groups in total. The van der Waals surface area contributed by atoms with Crippen molar-refractivity contribution >= 4 is 5.84 Å². The van der Waals surface area contributed by atoms with Crippen molar-refractivity contribution in [2.45, 2.75) is 38.7 Å². The zero-order chi connectivity index (χ0) is 11.5. The van der Waals surface area contributed by atoms with Gasteiger partial charge < -0.3 is 10.5 Å². The summed E-state index contributed by atoms with van der Waals surface area (Å²) in [7, 11) is 0. The molecule has 0 fully saturated rings. The number of nitrogens with two attached hydrogens (primary N) is 1. The van der Waals surface area contributed by atoms with Crippen LogP contribution in [0.1, 0.15) is 30.9 Å². The van der Waals surface area contributed by atoms with Crippen molar-refractivity contribution in [2.75, 3.05) is 0 Å². The highest BCUT2D eigenvalue weighted by Gasteiger charge is 2.12. The number of hydrogen-bond acceptors (Lipinski definition) is 2. The van der Waals surface area contributed by atoms with E-state index in [0.29, 0.717) is 6.42 Å². The minimum atomic E-state index is -0.0306. The monoisotopic (exact) mass is 218 g/mol. The summed E-state index contributed by atoms with van der Waals surface area (Å²) in [6, 6.07) is 6.29. The number of amidine groups is 1. The SMILES string of the molecule is CC(CC(=N)N)Oc1ccc2c(c1)CCC2. The van der Waals surface area contributed by atoms with Crippen LogP contribution in [0.5, 0.6) is 5.75 Å². The van der Waals surface area contributed by atoms with Gasteiger partial charge in [0.2, 0.25) is 0 Å². The molecule has 1 aliphatic carbocycles. The topological polar surface area (TPSA) is 59.1 Å². The van der Waals surface area contributed by atoms with Crippen LogP contribution in [0.2, 0.25) is 0 Å². The van der Waals surface area contributed by atoms with Crippen LogP contribution in [0.3, 0.4) is 0 Å². The Morgan fingerprint density at radius 1 is 1.44 bits per heavy atom. The van der Waals surface area contributed by atoms with Gasteiger partial charge in [0, 0.05) is 6.42 Å². The first-order valence-electron chi connectivity index (χ1n) is 5.76. The van der Waals surface area contributed by atoms with E-state index >= 15 is 0 Å². The summed E-state index contributed by atoms with van der Waals surface area (Å²) in [6.45, 7) is 1.94. The van der Waals surface area contributed by atoms with Gasteiger partial charge in [0.25, 0.3) is 0 Å². The van der Waals surface area contributed by atoms with E-state index in [1.165, 1.54) is 24.0 Å². The van der Waals surface area contributed by atoms with Gasteiger partial charge in [-0.05, 0) is 49.4 Å². The average Bonchev–Trinajstić information content (AvgIpc) is 2.63. The van der Waals surface area contributed by atoms with Gasteiger partial charge in [0.15, 0.2) is 0 Å². The lowest BCUT2D eigenvalue weighted by Crippen LogP contribution is -2.21. The molecule has 0 heterocycles. The lowest BCUT2D eigenvalue weighted by molar-refractivity contribution is 0.229. The predicted octanol–water partition coefficient (Wildman–Crippen LogP) is 2.27. The number of nitrogens with one attached hydrogen (secondary N) is 1. The van der Waals surface area contributed by atoms with Crippen molar-refractivity contribution < 1.29 is 4.74 Å². The van der Waals surface area contributed by atoms with Crippen LogP contribution in [-0.4, -0.2) is 11.9 Å². The van der Waals surface area contributed by atoms with Crippen LogP contribution in [0.4, 0.5) is 0 Å². The minimum Gasteiger partial charge on any atom is -0.490 e. The number of aryl methyl sites for hydroxylation is 2. The van der Waals surface area contributed by atoms with E-state index in [-0.39, 0.29) is 11.9 Å². The Labute approximate surface area is 96.1 Å². The summed E-state index contributed by atoms with van der Waals surface area (Å²) in [6.07, 6.45) is 4.06. The zero-order valence-corrected chi connectivity index (χ0v) is 9.62. The van der Waals surface area contributed by atoms with Gasteiger partial charge in [-0.2, -0.15) is 0 Å². The first kappa shape index (κ1) is 11.0. The maximum absolute atomic E-state index is 7.21. The fourth-order valence-electron chi connectivity index (χ4n) is 2.21. The van der Waals surface area contributed by atoms with Gasteiger partial charge in [-0.25, -0.2) is 0 Å². The maximum atomic E-state index is 7.21. The molecule has 0 spiro atoms. The molecule has 0 bridgehead atoms. The Hall–Kier alpha value is -1.51. The highest BCUT2D eigenvalue weighted by Crippen LogP contribution is 2.26. The van der Waals surface area contributed by atoms with Gasteiger partial charge in [0.1, 0.15) is 11.9 Å². The van der Waals surface area contributed by atoms with Crippen molar-refractivity contribution in [1.82, 2.24) is 0 Å². The molecule has 0 saturated heterocycles. The largest absolute Gasteiger partial charge is 0.490 e. The number of rotatable bonds is 4. The summed E-state index contributed by atoms with van der Waals surface area (Å²) in [4.78, 5) is 0. The lowest BCUT2D eigenvalue weighted by atomic mass is 10.1. The van der Waals surface area contributed by atoms with E-state index in [0.717, 1.165) is 12.2 Å². The summed E-state index contributed by atoms with van der Waals surface area (Å²) in [5.74, 6) is 1.07. The zero-order valence-electron chi connectivity index (χ0n) is 9.62. The Balaban J connectivity index is 2.02. The van der Waals surface area contributed by atoms with Crippen LogP contribution in [-0.2, 0) is 12.8 Å². The third-order valence-electron chi connectivity index (χ3n) is 2.91. The summed E-state index contributed by atoms with van der Waals surface area (Å²) in [5.41, 5.74) is 8.20. The first-order valence-corrected chi connectivity index (χ1v) is 5.76. The van der Waals surface area contributed by atoms with Crippen molar-refractivity contribution in [3.63, 3.8) is 0 Å². The standard InChI is InChI=1S/C13H18N2O/c1-9(7-13(14)15)16-12-6-5-10-3-2-4-11(10)8-12/h5-6,8-9H,2-4,7H2,1H3,(H3,14,15). The number of ether oxygens (including phenoxy) is 1. The molecule has 16 heavy (non-hydrogen) atoms. The van der Waals surface area contributed by atoms with E-state index in [9.17, 15) is 0 Å². The molecule has 1 aromatic carbocycles. The molecule has 86 valence electrons. The summed E-state index contributed by atoms with van der Waals surface area (Å²) >= 11 is 0. The molecule has 0 radical (unpaired) electrons. The van der Waals surface area contributed by atoms with E-state index in [2.05, 4.69) is 12.1 Å². The molecule has 2 rings (SSSR count). The van der Waals surface area contributed by atoms with Crippen LogP contribution >= 0.6 is 0 Å². The van der Waals surface area contributed by atoms with Gasteiger partial charge in [-0.3, -0.25) is 5.41 Å². The molecule has 0 aliphatic heterocycles. The van der Waals surface area contributed by atoms with Crippen LogP contribution < -0.4 is 10.5 Å². The Morgan fingerprint density at radius 2 is 2.19 bits per heavy atom. The molecule has 0 saturated carbocycles. The van der Waals surface area contributed by atoms with Gasteiger partial charge in [-0.15, -0.1) is 0 Å². The number of benzene rings is 1. The van der Waals surface area contributed by atoms with Crippen molar-refractivity contribution in [3.8, 4) is 5.75 Å². The number of hydrogen-bond donors (Lipinski definition) is 2. The average molecular weight is 218 g/mol. The molecule has 1 atom stereocenters. The Morgan fingerprint density at radius 3 is 2.94 bits per heavy atom. The van der Waals surface area contributed by atoms with Gasteiger partial charge >= 0.3 is 0 Å². The molecule has 0 aromatic heterocycles. The normalized spacial score (nSPS) is 15.6. The van der Waals surface area contributed by atoms with E-state index in [1.807, 2.05) is 13.0 Å².